The van der Waals surface area contributed by atoms with Gasteiger partial charge < -0.3 is 37.8 Å². The maximum absolute atomic E-state index is 15.2. The van der Waals surface area contributed by atoms with Gasteiger partial charge in [0.2, 0.25) is 5.91 Å². The van der Waals surface area contributed by atoms with Gasteiger partial charge in [0.1, 0.15) is 16.8 Å². The number of piperidine rings is 1. The molecular formula is C50H63N5O9. The maximum Gasteiger partial charge on any atom is 0.425 e. The van der Waals surface area contributed by atoms with E-state index in [0.29, 0.717) is 37.1 Å². The number of aryl methyl sites for hydroxylation is 1. The van der Waals surface area contributed by atoms with E-state index in [-0.39, 0.29) is 30.2 Å². The molecule has 1 saturated carbocycles. The van der Waals surface area contributed by atoms with Crippen molar-refractivity contribution in [2.45, 2.75) is 130 Å². The highest BCUT2D eigenvalue weighted by molar-refractivity contribution is 6.13. The highest BCUT2D eigenvalue weighted by Gasteiger charge is 2.44. The number of para-hydroxylation sites is 1. The largest absolute Gasteiger partial charge is 0.444 e. The summed E-state index contributed by atoms with van der Waals surface area (Å²) in [5.74, 6) is -0.747. The number of carbonyl (C=O) groups excluding carboxylic acids is 4. The summed E-state index contributed by atoms with van der Waals surface area (Å²) in [6.07, 6.45) is 3.16. The molecule has 14 nitrogen and oxygen atoms in total. The molecule has 2 fully saturated rings. The number of likely N-dealkylation sites (tertiary alicyclic amines) is 1. The molecule has 1 aliphatic heterocycles. The molecule has 2 aromatic heterocycles. The van der Waals surface area contributed by atoms with Crippen LogP contribution in [-0.4, -0.2) is 93.4 Å². The van der Waals surface area contributed by atoms with Crippen molar-refractivity contribution in [2.24, 2.45) is 5.92 Å². The van der Waals surface area contributed by atoms with Crippen LogP contribution in [0.4, 0.5) is 20.2 Å². The van der Waals surface area contributed by atoms with Crippen LogP contribution in [0.5, 0.6) is 0 Å². The van der Waals surface area contributed by atoms with Crippen molar-refractivity contribution < 1.29 is 42.6 Å². The number of hydrogen-bond acceptors (Lipinski definition) is 10. The predicted octanol–water partition coefficient (Wildman–Crippen LogP) is 10.7. The summed E-state index contributed by atoms with van der Waals surface area (Å²) in [5, 5.41) is 5.69. The number of imide groups is 1. The van der Waals surface area contributed by atoms with E-state index in [1.54, 1.807) is 59.6 Å². The summed E-state index contributed by atoms with van der Waals surface area (Å²) >= 11 is 0. The molecule has 2 atom stereocenters. The molecule has 0 unspecified atom stereocenters. The molecule has 14 heteroatoms. The molecule has 1 saturated heterocycles. The summed E-state index contributed by atoms with van der Waals surface area (Å²) < 4.78 is 30.3. The fourth-order valence-electron chi connectivity index (χ4n) is 8.35. The number of anilines is 1. The van der Waals surface area contributed by atoms with Crippen LogP contribution in [0.25, 0.3) is 33.0 Å². The molecule has 7 rings (SSSR count). The van der Waals surface area contributed by atoms with Crippen LogP contribution in [0.1, 0.15) is 105 Å². The van der Waals surface area contributed by atoms with Crippen LogP contribution >= 0.6 is 0 Å². The minimum absolute atomic E-state index is 0.0255. The van der Waals surface area contributed by atoms with E-state index in [4.69, 9.17) is 23.5 Å². The molecule has 64 heavy (non-hydrogen) atoms. The molecule has 4 amide bonds. The Morgan fingerprint density at radius 1 is 0.781 bits per heavy atom. The van der Waals surface area contributed by atoms with Crippen molar-refractivity contribution in [3.8, 4) is 11.1 Å². The van der Waals surface area contributed by atoms with Gasteiger partial charge in [0.15, 0.2) is 11.4 Å². The van der Waals surface area contributed by atoms with E-state index < -0.39 is 41.0 Å². The van der Waals surface area contributed by atoms with Crippen LogP contribution < -0.4 is 4.90 Å². The van der Waals surface area contributed by atoms with Crippen LogP contribution in [-0.2, 0) is 36.8 Å². The van der Waals surface area contributed by atoms with Crippen molar-refractivity contribution in [3.05, 3.63) is 84.1 Å². The van der Waals surface area contributed by atoms with E-state index in [9.17, 15) is 14.4 Å². The van der Waals surface area contributed by atoms with E-state index in [1.165, 1.54) is 0 Å². The highest BCUT2D eigenvalue weighted by Crippen LogP contribution is 2.41. The second-order valence-electron chi connectivity index (χ2n) is 20.0. The highest BCUT2D eigenvalue weighted by atomic mass is 16.6. The monoisotopic (exact) mass is 877 g/mol. The lowest BCUT2D eigenvalue weighted by atomic mass is 9.79. The summed E-state index contributed by atoms with van der Waals surface area (Å²) in [6.45, 7) is 18.4. The summed E-state index contributed by atoms with van der Waals surface area (Å²) in [7, 11) is 1.71. The van der Waals surface area contributed by atoms with Gasteiger partial charge in [-0.25, -0.2) is 14.4 Å². The van der Waals surface area contributed by atoms with Crippen molar-refractivity contribution in [2.75, 3.05) is 31.7 Å². The lowest BCUT2D eigenvalue weighted by Gasteiger charge is -2.40. The van der Waals surface area contributed by atoms with Crippen LogP contribution in [0.2, 0.25) is 0 Å². The molecule has 0 radical (unpaired) electrons. The summed E-state index contributed by atoms with van der Waals surface area (Å²) in [6, 6.07) is 22.0. The standard InChI is InChI=1S/C50H63N5O9/c1-48(2,3)61-45(57)53-25-23-37(40(31-53)44(56)54(36-20-21-36)30-35-29-52(24-14-26-60-10)41-18-12-11-17-38(35)41)34-16-13-15-32(27-34)33-19-22-39-42(28-33)64-51-43(39)55(46(58)62-49(4,5)6)47(59)63-50(7,8)9/h11-13,15-19,22,27-29,36-37,40H,14,20-21,23-26,30-31H2,1-10H3/t37-,40+/m1/s1. The zero-order chi connectivity index (χ0) is 46.1. The molecule has 2 aliphatic rings. The normalized spacial score (nSPS) is 17.1. The minimum Gasteiger partial charge on any atom is -0.444 e. The van der Waals surface area contributed by atoms with Gasteiger partial charge in [-0.05, 0) is 134 Å². The number of rotatable bonds is 11. The fraction of sp³-hybridized carbons (Fsp3) is 0.500. The van der Waals surface area contributed by atoms with Gasteiger partial charge in [-0.1, -0.05) is 53.7 Å². The molecule has 3 heterocycles. The van der Waals surface area contributed by atoms with E-state index >= 15 is 4.79 Å². The number of carbonyl (C=O) groups is 4. The smallest absolute Gasteiger partial charge is 0.425 e. The van der Waals surface area contributed by atoms with Crippen LogP contribution in [0.15, 0.2) is 77.4 Å². The SMILES string of the molecule is COCCCn1cc(CN(C(=O)[C@H]2CN(C(=O)OC(C)(C)C)CC[C@@H]2c2cccc(-c3ccc4c(N(C(=O)OC(C)(C)C)C(=O)OC(C)(C)C)noc4c3)c2)C2CC2)c2ccccc21. The van der Waals surface area contributed by atoms with Crippen LogP contribution in [0.3, 0.4) is 0 Å². The van der Waals surface area contributed by atoms with Gasteiger partial charge >= 0.3 is 18.3 Å². The third-order valence-electron chi connectivity index (χ3n) is 11.3. The minimum atomic E-state index is -0.944. The van der Waals surface area contributed by atoms with Crippen LogP contribution in [0, 0.1) is 5.92 Å². The second-order valence-corrected chi connectivity index (χ2v) is 20.0. The maximum atomic E-state index is 15.2. The lowest BCUT2D eigenvalue weighted by Crippen LogP contribution is -2.51. The number of hydrogen-bond donors (Lipinski definition) is 0. The topological polar surface area (TPSA) is 146 Å². The zero-order valence-corrected chi connectivity index (χ0v) is 38.9. The number of ether oxygens (including phenoxy) is 4. The number of methoxy groups -OCH3 is 1. The molecular weight excluding hydrogens is 815 g/mol. The van der Waals surface area contributed by atoms with Gasteiger partial charge in [-0.15, -0.1) is 0 Å². The van der Waals surface area contributed by atoms with Gasteiger partial charge in [0, 0.05) is 63.0 Å². The molecule has 3 aromatic carbocycles. The molecule has 0 N–H and O–H groups in total. The van der Waals surface area contributed by atoms with Crippen molar-refractivity contribution in [1.82, 2.24) is 19.5 Å². The summed E-state index contributed by atoms with van der Waals surface area (Å²) in [4.78, 5) is 60.2. The van der Waals surface area contributed by atoms with E-state index in [1.807, 2.05) is 57.2 Å². The number of amides is 4. The zero-order valence-electron chi connectivity index (χ0n) is 38.9. The van der Waals surface area contributed by atoms with Gasteiger partial charge in [-0.3, -0.25) is 4.79 Å². The number of fused-ring (bicyclic) bond motifs is 2. The molecule has 5 aromatic rings. The Morgan fingerprint density at radius 2 is 1.45 bits per heavy atom. The molecule has 342 valence electrons. The van der Waals surface area contributed by atoms with Crippen molar-refractivity contribution >= 4 is 51.9 Å². The predicted molar refractivity (Wildman–Crippen MR) is 245 cm³/mol. The quantitative estimate of drug-likeness (QED) is 0.0928. The Morgan fingerprint density at radius 3 is 2.11 bits per heavy atom. The first kappa shape index (κ1) is 46.1. The van der Waals surface area contributed by atoms with Gasteiger partial charge in [0.25, 0.3) is 0 Å². The Labute approximate surface area is 375 Å². The van der Waals surface area contributed by atoms with Crippen molar-refractivity contribution in [3.63, 3.8) is 0 Å². The third-order valence-corrected chi connectivity index (χ3v) is 11.3. The fourth-order valence-corrected chi connectivity index (χ4v) is 8.35. The Kier molecular flexibility index (Phi) is 13.2. The third kappa shape index (κ3) is 10.9. The Bertz CT molecular complexity index is 2470. The average Bonchev–Trinajstić information content (AvgIpc) is 3.89. The molecule has 0 spiro atoms. The number of benzene rings is 3. The molecule has 1 aliphatic carbocycles. The summed E-state index contributed by atoms with van der Waals surface area (Å²) in [5.41, 5.74) is 2.73. The number of aromatic nitrogens is 2. The second kappa shape index (κ2) is 18.3. The first-order chi connectivity index (χ1) is 30.2. The van der Waals surface area contributed by atoms with Gasteiger partial charge in [0.05, 0.1) is 11.3 Å². The Balaban J connectivity index is 1.20. The van der Waals surface area contributed by atoms with E-state index in [2.05, 4.69) is 45.1 Å². The first-order valence-corrected chi connectivity index (χ1v) is 22.3. The average molecular weight is 878 g/mol. The molecule has 0 bridgehead atoms. The van der Waals surface area contributed by atoms with Crippen molar-refractivity contribution in [1.29, 1.82) is 0 Å². The van der Waals surface area contributed by atoms with Gasteiger partial charge in [-0.2, -0.15) is 4.90 Å². The van der Waals surface area contributed by atoms with E-state index in [0.717, 1.165) is 63.9 Å². The Hall–Kier alpha value is -5.89. The number of nitrogens with zero attached hydrogens (tertiary/aromatic N) is 5. The lowest BCUT2D eigenvalue weighted by molar-refractivity contribution is -0.139. The first-order valence-electron chi connectivity index (χ1n) is 22.3.